The molecule has 2 heterocycles. The highest BCUT2D eigenvalue weighted by Crippen LogP contribution is 2.18. The summed E-state index contributed by atoms with van der Waals surface area (Å²) in [5.41, 5.74) is 1.25. The lowest BCUT2D eigenvalue weighted by molar-refractivity contribution is -0.133. The van der Waals surface area contributed by atoms with Gasteiger partial charge in [-0.1, -0.05) is 23.7 Å². The SMILES string of the molecule is Cc1cncnc1N1CCN(C(=O)[C@@H](Cc2ccc(Cl)cc2)NC(=O)OC(C)(C)C)CC1. The van der Waals surface area contributed by atoms with E-state index < -0.39 is 17.7 Å². The molecule has 0 radical (unpaired) electrons. The third-order valence-electron chi connectivity index (χ3n) is 5.10. The Labute approximate surface area is 193 Å². The van der Waals surface area contributed by atoms with Gasteiger partial charge in [-0.3, -0.25) is 4.79 Å². The Morgan fingerprint density at radius 2 is 1.81 bits per heavy atom. The number of ether oxygens (including phenoxy) is 1. The van der Waals surface area contributed by atoms with Crippen molar-refractivity contribution in [1.82, 2.24) is 20.2 Å². The maximum Gasteiger partial charge on any atom is 0.408 e. The van der Waals surface area contributed by atoms with Crippen molar-refractivity contribution in [3.8, 4) is 0 Å². The topological polar surface area (TPSA) is 87.7 Å². The molecule has 2 amide bonds. The summed E-state index contributed by atoms with van der Waals surface area (Å²) >= 11 is 5.99. The number of amides is 2. The van der Waals surface area contributed by atoms with Crippen LogP contribution in [0.3, 0.4) is 0 Å². The summed E-state index contributed by atoms with van der Waals surface area (Å²) in [7, 11) is 0. The number of nitrogens with one attached hydrogen (secondary N) is 1. The van der Waals surface area contributed by atoms with Crippen molar-refractivity contribution in [2.75, 3.05) is 31.1 Å². The summed E-state index contributed by atoms with van der Waals surface area (Å²) < 4.78 is 5.39. The molecule has 0 saturated carbocycles. The van der Waals surface area contributed by atoms with Crippen molar-refractivity contribution in [2.24, 2.45) is 0 Å². The fraction of sp³-hybridized carbons (Fsp3) is 0.478. The van der Waals surface area contributed by atoms with Crippen molar-refractivity contribution >= 4 is 29.4 Å². The van der Waals surface area contributed by atoms with E-state index >= 15 is 0 Å². The van der Waals surface area contributed by atoms with Crippen LogP contribution in [0.1, 0.15) is 31.9 Å². The van der Waals surface area contributed by atoms with Gasteiger partial charge in [-0.2, -0.15) is 0 Å². The Bertz CT molecular complexity index is 937. The summed E-state index contributed by atoms with van der Waals surface area (Å²) in [4.78, 5) is 38.1. The number of rotatable bonds is 5. The lowest BCUT2D eigenvalue weighted by atomic mass is 10.0. The van der Waals surface area contributed by atoms with Crippen LogP contribution in [0.4, 0.5) is 10.6 Å². The molecule has 0 spiro atoms. The molecule has 1 saturated heterocycles. The van der Waals surface area contributed by atoms with Gasteiger partial charge in [-0.05, 0) is 45.4 Å². The molecule has 1 atom stereocenters. The number of alkyl carbamates (subject to hydrolysis) is 1. The van der Waals surface area contributed by atoms with E-state index in [2.05, 4.69) is 20.2 Å². The van der Waals surface area contributed by atoms with Crippen molar-refractivity contribution in [3.63, 3.8) is 0 Å². The number of hydrogen-bond donors (Lipinski definition) is 1. The van der Waals surface area contributed by atoms with Crippen LogP contribution in [0.25, 0.3) is 0 Å². The first kappa shape index (κ1) is 23.8. The van der Waals surface area contributed by atoms with E-state index in [1.54, 1.807) is 44.0 Å². The van der Waals surface area contributed by atoms with Crippen molar-refractivity contribution in [3.05, 3.63) is 52.9 Å². The zero-order valence-corrected chi connectivity index (χ0v) is 19.7. The fourth-order valence-corrected chi connectivity index (χ4v) is 3.71. The predicted octanol–water partition coefficient (Wildman–Crippen LogP) is 3.22. The zero-order chi connectivity index (χ0) is 23.3. The van der Waals surface area contributed by atoms with Crippen LogP contribution < -0.4 is 10.2 Å². The van der Waals surface area contributed by atoms with E-state index in [1.165, 1.54) is 6.33 Å². The quantitative estimate of drug-likeness (QED) is 0.738. The van der Waals surface area contributed by atoms with Gasteiger partial charge in [0, 0.05) is 49.4 Å². The van der Waals surface area contributed by atoms with Crippen LogP contribution in [-0.4, -0.2) is 64.7 Å². The Hall–Kier alpha value is -2.87. The molecule has 1 N–H and O–H groups in total. The van der Waals surface area contributed by atoms with Gasteiger partial charge < -0.3 is 19.9 Å². The lowest BCUT2D eigenvalue weighted by Crippen LogP contribution is -2.56. The third-order valence-corrected chi connectivity index (χ3v) is 5.35. The first-order valence-electron chi connectivity index (χ1n) is 10.7. The Morgan fingerprint density at radius 1 is 1.16 bits per heavy atom. The Morgan fingerprint density at radius 3 is 2.41 bits per heavy atom. The zero-order valence-electron chi connectivity index (χ0n) is 19.0. The van der Waals surface area contributed by atoms with Crippen LogP contribution in [0.5, 0.6) is 0 Å². The molecule has 1 aromatic heterocycles. The number of piperazine rings is 1. The van der Waals surface area contributed by atoms with E-state index in [1.807, 2.05) is 19.1 Å². The summed E-state index contributed by atoms with van der Waals surface area (Å²) in [6, 6.07) is 6.52. The standard InChI is InChI=1S/C23H30ClN5O3/c1-16-14-25-15-26-20(16)28-9-11-29(12-10-28)21(30)19(27-22(31)32-23(2,3)4)13-17-5-7-18(24)8-6-17/h5-8,14-15,19H,9-13H2,1-4H3,(H,27,31)/t19-/m1/s1. The van der Waals surface area contributed by atoms with Crippen LogP contribution in [0, 0.1) is 6.92 Å². The highest BCUT2D eigenvalue weighted by Gasteiger charge is 2.31. The Kier molecular flexibility index (Phi) is 7.56. The van der Waals surface area contributed by atoms with Gasteiger partial charge in [0.2, 0.25) is 5.91 Å². The average molecular weight is 460 g/mol. The molecule has 8 nitrogen and oxygen atoms in total. The first-order chi connectivity index (χ1) is 15.1. The van der Waals surface area contributed by atoms with Gasteiger partial charge in [-0.15, -0.1) is 0 Å². The predicted molar refractivity (Wildman–Crippen MR) is 124 cm³/mol. The Balaban J connectivity index is 1.69. The smallest absolute Gasteiger partial charge is 0.408 e. The van der Waals surface area contributed by atoms with Gasteiger partial charge in [0.25, 0.3) is 0 Å². The van der Waals surface area contributed by atoms with Gasteiger partial charge in [0.05, 0.1) is 0 Å². The number of carbonyl (C=O) groups is 2. The second-order valence-electron chi connectivity index (χ2n) is 8.87. The minimum atomic E-state index is -0.738. The summed E-state index contributed by atoms with van der Waals surface area (Å²) in [5.74, 6) is 0.751. The lowest BCUT2D eigenvalue weighted by Gasteiger charge is -2.37. The van der Waals surface area contributed by atoms with E-state index in [0.29, 0.717) is 37.6 Å². The molecular formula is C23H30ClN5O3. The van der Waals surface area contributed by atoms with E-state index in [4.69, 9.17) is 16.3 Å². The second kappa shape index (κ2) is 10.2. The van der Waals surface area contributed by atoms with Gasteiger partial charge in [0.15, 0.2) is 0 Å². The highest BCUT2D eigenvalue weighted by molar-refractivity contribution is 6.30. The van der Waals surface area contributed by atoms with E-state index in [9.17, 15) is 9.59 Å². The fourth-order valence-electron chi connectivity index (χ4n) is 3.59. The maximum absolute atomic E-state index is 13.4. The van der Waals surface area contributed by atoms with E-state index in [0.717, 1.165) is 16.9 Å². The van der Waals surface area contributed by atoms with Crippen LogP contribution in [0.2, 0.25) is 5.02 Å². The van der Waals surface area contributed by atoms with Crippen molar-refractivity contribution in [2.45, 2.75) is 45.8 Å². The summed E-state index contributed by atoms with van der Waals surface area (Å²) in [6.07, 6.45) is 3.06. The maximum atomic E-state index is 13.4. The molecule has 3 rings (SSSR count). The summed E-state index contributed by atoms with van der Waals surface area (Å²) in [6.45, 7) is 9.72. The van der Waals surface area contributed by atoms with Crippen LogP contribution in [0.15, 0.2) is 36.8 Å². The summed E-state index contributed by atoms with van der Waals surface area (Å²) in [5, 5.41) is 3.38. The van der Waals surface area contributed by atoms with Crippen LogP contribution in [-0.2, 0) is 16.0 Å². The average Bonchev–Trinajstić information content (AvgIpc) is 2.73. The number of nitrogens with zero attached hydrogens (tertiary/aromatic N) is 4. The molecule has 1 aliphatic heterocycles. The number of benzene rings is 1. The minimum absolute atomic E-state index is 0.134. The molecule has 1 aliphatic rings. The molecular weight excluding hydrogens is 430 g/mol. The normalized spacial score (nSPS) is 15.3. The number of halogens is 1. The molecule has 0 unspecified atom stereocenters. The number of anilines is 1. The van der Waals surface area contributed by atoms with Crippen molar-refractivity contribution < 1.29 is 14.3 Å². The molecule has 1 aromatic carbocycles. The van der Waals surface area contributed by atoms with Gasteiger partial charge in [0.1, 0.15) is 23.8 Å². The van der Waals surface area contributed by atoms with Crippen molar-refractivity contribution in [1.29, 1.82) is 0 Å². The number of carbonyl (C=O) groups excluding carboxylic acids is 2. The second-order valence-corrected chi connectivity index (χ2v) is 9.31. The highest BCUT2D eigenvalue weighted by atomic mass is 35.5. The third kappa shape index (κ3) is 6.56. The van der Waals surface area contributed by atoms with E-state index in [-0.39, 0.29) is 5.91 Å². The number of aryl methyl sites for hydroxylation is 1. The molecule has 2 aromatic rings. The first-order valence-corrected chi connectivity index (χ1v) is 11.0. The molecule has 9 heteroatoms. The van der Waals surface area contributed by atoms with Crippen LogP contribution >= 0.6 is 11.6 Å². The molecule has 0 aliphatic carbocycles. The molecule has 1 fully saturated rings. The minimum Gasteiger partial charge on any atom is -0.444 e. The molecule has 172 valence electrons. The monoisotopic (exact) mass is 459 g/mol. The van der Waals surface area contributed by atoms with Gasteiger partial charge in [-0.25, -0.2) is 14.8 Å². The number of hydrogen-bond acceptors (Lipinski definition) is 6. The molecule has 32 heavy (non-hydrogen) atoms. The largest absolute Gasteiger partial charge is 0.444 e. The molecule has 0 bridgehead atoms. The number of aromatic nitrogens is 2. The van der Waals surface area contributed by atoms with Gasteiger partial charge >= 0.3 is 6.09 Å².